The first-order chi connectivity index (χ1) is 6.36. The zero-order valence-corrected chi connectivity index (χ0v) is 7.49. The van der Waals surface area contributed by atoms with Crippen molar-refractivity contribution in [3.05, 3.63) is 30.3 Å². The number of nitrogens with one attached hydrogen (secondary N) is 1. The highest BCUT2D eigenvalue weighted by atomic mass is 16.1. The van der Waals surface area contributed by atoms with Crippen LogP contribution in [0.15, 0.2) is 30.3 Å². The Labute approximate surface area is 78.0 Å². The zero-order chi connectivity index (χ0) is 9.10. The van der Waals surface area contributed by atoms with Crippen LogP contribution in [0.25, 0.3) is 0 Å². The molecule has 2 heteroatoms. The molecule has 68 valence electrons. The third-order valence-corrected chi connectivity index (χ3v) is 2.27. The maximum absolute atomic E-state index is 11.3. The van der Waals surface area contributed by atoms with Crippen molar-refractivity contribution in [3.8, 4) is 0 Å². The van der Waals surface area contributed by atoms with Gasteiger partial charge in [-0.05, 0) is 25.0 Å². The first kappa shape index (κ1) is 8.30. The fourth-order valence-electron chi connectivity index (χ4n) is 1.29. The monoisotopic (exact) mass is 175 g/mol. The van der Waals surface area contributed by atoms with Crippen molar-refractivity contribution in [1.29, 1.82) is 0 Å². The summed E-state index contributed by atoms with van der Waals surface area (Å²) >= 11 is 0. The molecule has 0 saturated heterocycles. The van der Waals surface area contributed by atoms with Gasteiger partial charge in [0.25, 0.3) is 0 Å². The number of ketones is 1. The molecular weight excluding hydrogens is 162 g/mol. The number of anilines is 1. The van der Waals surface area contributed by atoms with E-state index in [1.165, 1.54) is 0 Å². The van der Waals surface area contributed by atoms with Crippen LogP contribution < -0.4 is 5.32 Å². The molecule has 0 radical (unpaired) electrons. The van der Waals surface area contributed by atoms with Crippen LogP contribution in [-0.4, -0.2) is 12.3 Å². The van der Waals surface area contributed by atoms with E-state index in [0.717, 1.165) is 18.5 Å². The number of carbonyl (C=O) groups is 1. The molecule has 1 saturated carbocycles. The number of carbonyl (C=O) groups excluding carboxylic acids is 1. The van der Waals surface area contributed by atoms with E-state index >= 15 is 0 Å². The second kappa shape index (κ2) is 3.60. The Kier molecular flexibility index (Phi) is 2.30. The number of rotatable bonds is 4. The van der Waals surface area contributed by atoms with Gasteiger partial charge in [-0.3, -0.25) is 4.79 Å². The molecule has 1 aliphatic carbocycles. The summed E-state index contributed by atoms with van der Waals surface area (Å²) in [6, 6.07) is 9.84. The Morgan fingerprint density at radius 1 is 1.31 bits per heavy atom. The first-order valence-electron chi connectivity index (χ1n) is 4.68. The van der Waals surface area contributed by atoms with E-state index < -0.39 is 0 Å². The standard InChI is InChI=1S/C11H13NO/c13-11(9-6-7-9)8-12-10-4-2-1-3-5-10/h1-5,9,12H,6-8H2. The maximum Gasteiger partial charge on any atom is 0.154 e. The van der Waals surface area contributed by atoms with Gasteiger partial charge in [-0.25, -0.2) is 0 Å². The van der Waals surface area contributed by atoms with Crippen molar-refractivity contribution in [3.63, 3.8) is 0 Å². The van der Waals surface area contributed by atoms with Gasteiger partial charge < -0.3 is 5.32 Å². The molecule has 1 fully saturated rings. The van der Waals surface area contributed by atoms with Gasteiger partial charge >= 0.3 is 0 Å². The fraction of sp³-hybridized carbons (Fsp3) is 0.364. The minimum Gasteiger partial charge on any atom is -0.378 e. The van der Waals surface area contributed by atoms with Crippen LogP contribution in [0.5, 0.6) is 0 Å². The quantitative estimate of drug-likeness (QED) is 0.759. The van der Waals surface area contributed by atoms with Gasteiger partial charge in [0.1, 0.15) is 0 Å². The molecule has 0 aliphatic heterocycles. The van der Waals surface area contributed by atoms with Crippen molar-refractivity contribution >= 4 is 11.5 Å². The highest BCUT2D eigenvalue weighted by Gasteiger charge is 2.28. The Bertz CT molecular complexity index is 290. The van der Waals surface area contributed by atoms with Crippen LogP contribution in [0.4, 0.5) is 5.69 Å². The second-order valence-electron chi connectivity index (χ2n) is 3.46. The zero-order valence-electron chi connectivity index (χ0n) is 7.49. The topological polar surface area (TPSA) is 29.1 Å². The summed E-state index contributed by atoms with van der Waals surface area (Å²) in [7, 11) is 0. The molecule has 0 atom stereocenters. The SMILES string of the molecule is O=C(CNc1ccccc1)C1CC1. The van der Waals surface area contributed by atoms with Crippen molar-refractivity contribution in [2.45, 2.75) is 12.8 Å². The van der Waals surface area contributed by atoms with E-state index in [2.05, 4.69) is 5.32 Å². The van der Waals surface area contributed by atoms with Gasteiger partial charge in [0.15, 0.2) is 5.78 Å². The van der Waals surface area contributed by atoms with Crippen LogP contribution in [0.2, 0.25) is 0 Å². The van der Waals surface area contributed by atoms with Gasteiger partial charge in [-0.15, -0.1) is 0 Å². The van der Waals surface area contributed by atoms with E-state index in [1.54, 1.807) is 0 Å². The lowest BCUT2D eigenvalue weighted by Crippen LogP contribution is -2.14. The third kappa shape index (κ3) is 2.31. The molecule has 1 aromatic carbocycles. The molecule has 1 aromatic rings. The number of hydrogen-bond donors (Lipinski definition) is 1. The molecule has 1 aliphatic rings. The Balaban J connectivity index is 1.82. The minimum atomic E-state index is 0.351. The predicted octanol–water partition coefficient (Wildman–Crippen LogP) is 2.08. The number of hydrogen-bond acceptors (Lipinski definition) is 2. The van der Waals surface area contributed by atoms with E-state index in [-0.39, 0.29) is 0 Å². The summed E-state index contributed by atoms with van der Waals surface area (Å²) in [6.45, 7) is 0.481. The lowest BCUT2D eigenvalue weighted by molar-refractivity contribution is -0.118. The first-order valence-corrected chi connectivity index (χ1v) is 4.68. The average Bonchev–Trinajstić information content (AvgIpc) is 2.99. The van der Waals surface area contributed by atoms with E-state index in [1.807, 2.05) is 30.3 Å². The predicted molar refractivity (Wildman–Crippen MR) is 52.7 cm³/mol. The normalized spacial score (nSPS) is 15.4. The van der Waals surface area contributed by atoms with Crippen LogP contribution in [0, 0.1) is 5.92 Å². The Morgan fingerprint density at radius 2 is 2.00 bits per heavy atom. The van der Waals surface area contributed by atoms with Crippen LogP contribution >= 0.6 is 0 Å². The molecule has 0 heterocycles. The van der Waals surface area contributed by atoms with Crippen molar-refractivity contribution < 1.29 is 4.79 Å². The smallest absolute Gasteiger partial charge is 0.154 e. The van der Waals surface area contributed by atoms with Gasteiger partial charge in [0, 0.05) is 11.6 Å². The highest BCUT2D eigenvalue weighted by molar-refractivity contribution is 5.86. The van der Waals surface area contributed by atoms with Crippen LogP contribution in [0.1, 0.15) is 12.8 Å². The summed E-state index contributed by atoms with van der Waals surface area (Å²) < 4.78 is 0. The van der Waals surface area contributed by atoms with Gasteiger partial charge in [-0.1, -0.05) is 18.2 Å². The van der Waals surface area contributed by atoms with E-state index in [9.17, 15) is 4.79 Å². The summed E-state index contributed by atoms with van der Waals surface area (Å²) in [5.41, 5.74) is 1.02. The highest BCUT2D eigenvalue weighted by Crippen LogP contribution is 2.29. The minimum absolute atomic E-state index is 0.351. The summed E-state index contributed by atoms with van der Waals surface area (Å²) in [4.78, 5) is 11.3. The second-order valence-corrected chi connectivity index (χ2v) is 3.46. The van der Waals surface area contributed by atoms with Crippen molar-refractivity contribution in [2.75, 3.05) is 11.9 Å². The molecule has 0 spiro atoms. The molecule has 2 rings (SSSR count). The van der Waals surface area contributed by atoms with Crippen molar-refractivity contribution in [1.82, 2.24) is 0 Å². The molecule has 2 nitrogen and oxygen atoms in total. The number of Topliss-reactive ketones (excluding diaryl/α,β-unsaturated/α-hetero) is 1. The summed E-state index contributed by atoms with van der Waals surface area (Å²) in [5, 5.41) is 3.12. The molecular formula is C11H13NO. The summed E-state index contributed by atoms with van der Waals surface area (Å²) in [6.07, 6.45) is 2.19. The lowest BCUT2D eigenvalue weighted by atomic mass is 10.2. The molecule has 0 aromatic heterocycles. The molecule has 13 heavy (non-hydrogen) atoms. The van der Waals surface area contributed by atoms with Crippen LogP contribution in [-0.2, 0) is 4.79 Å². The van der Waals surface area contributed by atoms with E-state index in [4.69, 9.17) is 0 Å². The average molecular weight is 175 g/mol. The van der Waals surface area contributed by atoms with Crippen LogP contribution in [0.3, 0.4) is 0 Å². The Hall–Kier alpha value is -1.31. The third-order valence-electron chi connectivity index (χ3n) is 2.27. The maximum atomic E-state index is 11.3. The van der Waals surface area contributed by atoms with E-state index in [0.29, 0.717) is 18.2 Å². The van der Waals surface area contributed by atoms with Gasteiger partial charge in [0.2, 0.25) is 0 Å². The molecule has 0 amide bonds. The fourth-order valence-corrected chi connectivity index (χ4v) is 1.29. The molecule has 0 unspecified atom stereocenters. The van der Waals surface area contributed by atoms with Crippen molar-refractivity contribution in [2.24, 2.45) is 5.92 Å². The lowest BCUT2D eigenvalue weighted by Gasteiger charge is -2.03. The Morgan fingerprint density at radius 3 is 2.62 bits per heavy atom. The van der Waals surface area contributed by atoms with Gasteiger partial charge in [-0.2, -0.15) is 0 Å². The van der Waals surface area contributed by atoms with Gasteiger partial charge in [0.05, 0.1) is 6.54 Å². The molecule has 0 bridgehead atoms. The number of para-hydroxylation sites is 1. The summed E-state index contributed by atoms with van der Waals surface area (Å²) in [5.74, 6) is 0.708. The number of benzene rings is 1. The molecule has 1 N–H and O–H groups in total. The largest absolute Gasteiger partial charge is 0.378 e.